The zero-order valence-electron chi connectivity index (χ0n) is 7.50. The molecule has 0 spiro atoms. The summed E-state index contributed by atoms with van der Waals surface area (Å²) in [5, 5.41) is 20.6. The van der Waals surface area contributed by atoms with Crippen LogP contribution in [0.4, 0.5) is 0 Å². The average molecular weight is 171 g/mol. The lowest BCUT2D eigenvalue weighted by molar-refractivity contribution is 0.400. The van der Waals surface area contributed by atoms with Crippen LogP contribution in [0.15, 0.2) is 0 Å². The van der Waals surface area contributed by atoms with Gasteiger partial charge in [-0.2, -0.15) is 0 Å². The van der Waals surface area contributed by atoms with Crippen LogP contribution < -0.4 is 5.32 Å². The van der Waals surface area contributed by atoms with Gasteiger partial charge in [0.25, 0.3) is 0 Å². The molecule has 3 nitrogen and oxygen atoms in total. The summed E-state index contributed by atoms with van der Waals surface area (Å²) < 4.78 is 0. The lowest BCUT2D eigenvalue weighted by Gasteiger charge is -2.08. The van der Waals surface area contributed by atoms with Gasteiger partial charge in [-0.25, -0.2) is 0 Å². The highest BCUT2D eigenvalue weighted by Gasteiger charge is 2.13. The van der Waals surface area contributed by atoms with E-state index in [1.54, 1.807) is 0 Å². The van der Waals surface area contributed by atoms with E-state index < -0.39 is 7.12 Å². The average Bonchev–Trinajstić information content (AvgIpc) is 2.49. The molecule has 0 radical (unpaired) electrons. The van der Waals surface area contributed by atoms with E-state index in [-0.39, 0.29) is 0 Å². The number of unbranched alkanes of at least 4 members (excludes halogenated alkanes) is 1. The lowest BCUT2D eigenvalue weighted by atomic mass is 9.83. The highest BCUT2D eigenvalue weighted by Crippen LogP contribution is 2.12. The standard InChI is InChI=1S/C8H18BNO2/c11-9(12)6-2-1-4-8-5-3-7-10-8/h8,10-12H,1-7H2. The smallest absolute Gasteiger partial charge is 0.427 e. The predicted molar refractivity (Wildman–Crippen MR) is 49.9 cm³/mol. The van der Waals surface area contributed by atoms with Crippen LogP contribution in [0.1, 0.15) is 32.1 Å². The molecular weight excluding hydrogens is 153 g/mol. The monoisotopic (exact) mass is 171 g/mol. The van der Waals surface area contributed by atoms with E-state index in [4.69, 9.17) is 10.0 Å². The van der Waals surface area contributed by atoms with E-state index in [1.165, 1.54) is 19.3 Å². The van der Waals surface area contributed by atoms with Gasteiger partial charge >= 0.3 is 7.12 Å². The van der Waals surface area contributed by atoms with E-state index >= 15 is 0 Å². The molecule has 0 bridgehead atoms. The topological polar surface area (TPSA) is 52.5 Å². The maximum absolute atomic E-state index is 8.58. The van der Waals surface area contributed by atoms with Gasteiger partial charge in [0.2, 0.25) is 0 Å². The van der Waals surface area contributed by atoms with E-state index in [1.807, 2.05) is 0 Å². The molecule has 1 atom stereocenters. The van der Waals surface area contributed by atoms with Gasteiger partial charge in [0, 0.05) is 6.04 Å². The number of hydrogen-bond donors (Lipinski definition) is 3. The van der Waals surface area contributed by atoms with Crippen molar-refractivity contribution in [2.24, 2.45) is 0 Å². The molecule has 0 aromatic heterocycles. The van der Waals surface area contributed by atoms with Crippen LogP contribution in [-0.4, -0.2) is 29.8 Å². The fourth-order valence-electron chi connectivity index (χ4n) is 1.72. The molecule has 3 N–H and O–H groups in total. The van der Waals surface area contributed by atoms with Gasteiger partial charge in [-0.15, -0.1) is 0 Å². The van der Waals surface area contributed by atoms with Crippen molar-refractivity contribution in [3.8, 4) is 0 Å². The van der Waals surface area contributed by atoms with Crippen molar-refractivity contribution in [3.05, 3.63) is 0 Å². The Morgan fingerprint density at radius 2 is 2.17 bits per heavy atom. The Morgan fingerprint density at radius 1 is 1.33 bits per heavy atom. The molecule has 1 saturated heterocycles. The Bertz CT molecular complexity index is 116. The van der Waals surface area contributed by atoms with E-state index in [0.717, 1.165) is 19.4 Å². The molecule has 1 fully saturated rings. The Labute approximate surface area is 74.3 Å². The fraction of sp³-hybridized carbons (Fsp3) is 1.00. The summed E-state index contributed by atoms with van der Waals surface area (Å²) >= 11 is 0. The quantitative estimate of drug-likeness (QED) is 0.414. The molecule has 1 rings (SSSR count). The van der Waals surface area contributed by atoms with Crippen molar-refractivity contribution < 1.29 is 10.0 Å². The van der Waals surface area contributed by atoms with Crippen molar-refractivity contribution in [3.63, 3.8) is 0 Å². The molecule has 0 aliphatic carbocycles. The molecule has 0 aromatic rings. The normalized spacial score (nSPS) is 23.0. The van der Waals surface area contributed by atoms with E-state index in [2.05, 4.69) is 5.32 Å². The van der Waals surface area contributed by atoms with Crippen LogP contribution in [0.25, 0.3) is 0 Å². The van der Waals surface area contributed by atoms with Crippen molar-refractivity contribution in [1.29, 1.82) is 0 Å². The van der Waals surface area contributed by atoms with Crippen molar-refractivity contribution >= 4 is 7.12 Å². The van der Waals surface area contributed by atoms with Crippen LogP contribution >= 0.6 is 0 Å². The molecule has 1 aliphatic heterocycles. The summed E-state index contributed by atoms with van der Waals surface area (Å²) in [6, 6.07) is 0.695. The van der Waals surface area contributed by atoms with Gasteiger partial charge in [-0.05, 0) is 32.1 Å². The first-order valence-corrected chi connectivity index (χ1v) is 4.88. The summed E-state index contributed by atoms with van der Waals surface area (Å²) in [4.78, 5) is 0. The van der Waals surface area contributed by atoms with Gasteiger partial charge in [0.1, 0.15) is 0 Å². The Morgan fingerprint density at radius 3 is 2.75 bits per heavy atom. The Hall–Kier alpha value is -0.0551. The minimum Gasteiger partial charge on any atom is -0.427 e. The third kappa shape index (κ3) is 4.09. The maximum atomic E-state index is 8.58. The van der Waals surface area contributed by atoms with Gasteiger partial charge in [0.05, 0.1) is 0 Å². The molecule has 12 heavy (non-hydrogen) atoms. The Kier molecular flexibility index (Phi) is 4.65. The zero-order valence-corrected chi connectivity index (χ0v) is 7.50. The molecule has 70 valence electrons. The molecule has 1 unspecified atom stereocenters. The summed E-state index contributed by atoms with van der Waals surface area (Å²) in [6.45, 7) is 1.16. The molecule has 1 heterocycles. The predicted octanol–water partition coefficient (Wildman–Crippen LogP) is 0.381. The zero-order chi connectivity index (χ0) is 8.81. The summed E-state index contributed by atoms with van der Waals surface area (Å²) in [5.74, 6) is 0. The SMILES string of the molecule is OB(O)CCCCC1CCCN1. The van der Waals surface area contributed by atoms with Gasteiger partial charge in [-0.1, -0.05) is 12.8 Å². The molecule has 1 aliphatic rings. The van der Waals surface area contributed by atoms with E-state index in [0.29, 0.717) is 12.4 Å². The van der Waals surface area contributed by atoms with Crippen molar-refractivity contribution in [1.82, 2.24) is 5.32 Å². The fourth-order valence-corrected chi connectivity index (χ4v) is 1.72. The second-order valence-electron chi connectivity index (χ2n) is 3.56. The molecule has 0 amide bonds. The van der Waals surface area contributed by atoms with Crippen LogP contribution in [0.3, 0.4) is 0 Å². The second kappa shape index (κ2) is 5.57. The van der Waals surface area contributed by atoms with Crippen LogP contribution in [0.2, 0.25) is 6.32 Å². The minimum absolute atomic E-state index is 0.521. The number of rotatable bonds is 5. The van der Waals surface area contributed by atoms with E-state index in [9.17, 15) is 0 Å². The highest BCUT2D eigenvalue weighted by atomic mass is 16.4. The van der Waals surface area contributed by atoms with Gasteiger partial charge in [0.15, 0.2) is 0 Å². The van der Waals surface area contributed by atoms with Crippen molar-refractivity contribution in [2.75, 3.05) is 6.54 Å². The second-order valence-corrected chi connectivity index (χ2v) is 3.56. The first-order valence-electron chi connectivity index (χ1n) is 4.88. The minimum atomic E-state index is -1.11. The largest absolute Gasteiger partial charge is 0.451 e. The van der Waals surface area contributed by atoms with Crippen LogP contribution in [-0.2, 0) is 0 Å². The Balaban J connectivity index is 1.88. The van der Waals surface area contributed by atoms with Gasteiger partial charge < -0.3 is 15.4 Å². The third-order valence-corrected chi connectivity index (χ3v) is 2.43. The molecule has 4 heteroatoms. The number of hydrogen-bond acceptors (Lipinski definition) is 3. The lowest BCUT2D eigenvalue weighted by Crippen LogP contribution is -2.21. The highest BCUT2D eigenvalue weighted by molar-refractivity contribution is 6.40. The molecular formula is C8H18BNO2. The summed E-state index contributed by atoms with van der Waals surface area (Å²) in [6.07, 6.45) is 6.33. The van der Waals surface area contributed by atoms with Gasteiger partial charge in [-0.3, -0.25) is 0 Å². The molecule has 0 aromatic carbocycles. The van der Waals surface area contributed by atoms with Crippen molar-refractivity contribution in [2.45, 2.75) is 44.5 Å². The first kappa shape index (κ1) is 10.0. The summed E-state index contributed by atoms with van der Waals surface area (Å²) in [5.41, 5.74) is 0. The summed E-state index contributed by atoms with van der Waals surface area (Å²) in [7, 11) is -1.11. The first-order chi connectivity index (χ1) is 5.79. The molecule has 0 saturated carbocycles. The van der Waals surface area contributed by atoms with Crippen LogP contribution in [0.5, 0.6) is 0 Å². The van der Waals surface area contributed by atoms with Crippen LogP contribution in [0, 0.1) is 0 Å². The maximum Gasteiger partial charge on any atom is 0.451 e. The third-order valence-electron chi connectivity index (χ3n) is 2.43. The number of nitrogens with one attached hydrogen (secondary N) is 1.